The van der Waals surface area contributed by atoms with Crippen molar-refractivity contribution in [1.29, 1.82) is 0 Å². The lowest BCUT2D eigenvalue weighted by molar-refractivity contribution is 0.0179. The lowest BCUT2D eigenvalue weighted by atomic mass is 9.99. The van der Waals surface area contributed by atoms with Crippen LogP contribution in [0.3, 0.4) is 0 Å². The van der Waals surface area contributed by atoms with Gasteiger partial charge in [-0.25, -0.2) is 4.79 Å². The van der Waals surface area contributed by atoms with Gasteiger partial charge >= 0.3 is 5.97 Å². The van der Waals surface area contributed by atoms with Crippen LogP contribution in [0, 0.1) is 0 Å². The van der Waals surface area contributed by atoms with Crippen molar-refractivity contribution in [3.05, 3.63) is 34.7 Å². The predicted octanol–water partition coefficient (Wildman–Crippen LogP) is 2.62. The van der Waals surface area contributed by atoms with E-state index < -0.39 is 18.2 Å². The Balaban J connectivity index is 2.45. The molecule has 102 valence electrons. The first-order valence-corrected chi connectivity index (χ1v) is 7.07. The van der Waals surface area contributed by atoms with Crippen LogP contribution in [0.15, 0.2) is 24.3 Å². The van der Waals surface area contributed by atoms with Gasteiger partial charge in [0.25, 0.3) is 0 Å². The maximum Gasteiger partial charge on any atom is 0.345 e. The molecule has 0 radical (unpaired) electrons. The first-order valence-electron chi connectivity index (χ1n) is 5.72. The summed E-state index contributed by atoms with van der Waals surface area (Å²) in [6.07, 6.45) is -1.76. The van der Waals surface area contributed by atoms with Crippen LogP contribution in [0.5, 0.6) is 0 Å². The largest absolute Gasteiger partial charge is 0.477 e. The minimum atomic E-state index is -1.07. The molecule has 0 aliphatic carbocycles. The fraction of sp³-hybridized carbons (Fsp3) is 0.308. The number of carbonyl (C=O) groups is 1. The third kappa shape index (κ3) is 2.90. The van der Waals surface area contributed by atoms with Crippen LogP contribution in [0.4, 0.5) is 0 Å². The van der Waals surface area contributed by atoms with E-state index in [1.807, 2.05) is 0 Å². The highest BCUT2D eigenvalue weighted by Crippen LogP contribution is 2.33. The molecule has 3 N–H and O–H groups in total. The number of aliphatic hydroxyl groups excluding tert-OH is 2. The molecule has 4 nitrogen and oxygen atoms in total. The van der Waals surface area contributed by atoms with E-state index in [0.29, 0.717) is 10.9 Å². The summed E-state index contributed by atoms with van der Waals surface area (Å²) in [5.74, 6) is -0.749. The maximum atomic E-state index is 11.0. The van der Waals surface area contributed by atoms with Crippen molar-refractivity contribution in [2.75, 3.05) is 5.88 Å². The van der Waals surface area contributed by atoms with Crippen molar-refractivity contribution in [1.82, 2.24) is 0 Å². The van der Waals surface area contributed by atoms with Crippen LogP contribution in [-0.2, 0) is 0 Å². The molecule has 2 rings (SSSR count). The molecule has 0 bridgehead atoms. The van der Waals surface area contributed by atoms with Gasteiger partial charge in [-0.3, -0.25) is 0 Å². The molecule has 2 unspecified atom stereocenters. The van der Waals surface area contributed by atoms with E-state index in [2.05, 4.69) is 0 Å². The molecule has 2 atom stereocenters. The Kier molecular flexibility index (Phi) is 4.42. The maximum absolute atomic E-state index is 11.0. The molecule has 1 aromatic carbocycles. The fourth-order valence-electron chi connectivity index (χ4n) is 1.92. The van der Waals surface area contributed by atoms with Crippen molar-refractivity contribution in [2.45, 2.75) is 18.6 Å². The molecule has 0 spiro atoms. The SMILES string of the molecule is O=C(O)c1cc2c(C(O)C(O)CCCl)cccc2s1. The second-order valence-electron chi connectivity index (χ2n) is 4.16. The van der Waals surface area contributed by atoms with E-state index in [4.69, 9.17) is 16.7 Å². The van der Waals surface area contributed by atoms with Crippen molar-refractivity contribution >= 4 is 39.0 Å². The number of rotatable bonds is 5. The Bertz CT molecular complexity index is 595. The summed E-state index contributed by atoms with van der Waals surface area (Å²) in [6, 6.07) is 6.73. The summed E-state index contributed by atoms with van der Waals surface area (Å²) in [7, 11) is 0. The number of carboxylic acid groups (broad SMARTS) is 1. The standard InChI is InChI=1S/C13H13ClO4S/c14-5-4-9(15)12(16)7-2-1-3-10-8(7)6-11(19-10)13(17)18/h1-3,6,9,12,15-16H,4-5H2,(H,17,18). The van der Waals surface area contributed by atoms with Gasteiger partial charge in [-0.05, 0) is 29.5 Å². The Morgan fingerprint density at radius 2 is 2.11 bits per heavy atom. The molecule has 0 amide bonds. The minimum Gasteiger partial charge on any atom is -0.477 e. The molecule has 1 heterocycles. The molecular formula is C13H13ClO4S. The molecule has 2 aromatic rings. The van der Waals surface area contributed by atoms with Crippen molar-refractivity contribution in [2.24, 2.45) is 0 Å². The average Bonchev–Trinajstić information content (AvgIpc) is 2.82. The first kappa shape index (κ1) is 14.3. The third-order valence-electron chi connectivity index (χ3n) is 2.89. The van der Waals surface area contributed by atoms with E-state index in [1.165, 1.54) is 6.07 Å². The summed E-state index contributed by atoms with van der Waals surface area (Å²) in [4.78, 5) is 11.2. The predicted molar refractivity (Wildman–Crippen MR) is 75.1 cm³/mol. The summed E-state index contributed by atoms with van der Waals surface area (Å²) in [5.41, 5.74) is 0.527. The Hall–Kier alpha value is -1.14. The zero-order chi connectivity index (χ0) is 14.0. The number of fused-ring (bicyclic) bond motifs is 1. The van der Waals surface area contributed by atoms with Gasteiger partial charge in [-0.1, -0.05) is 12.1 Å². The number of halogens is 1. The van der Waals surface area contributed by atoms with Crippen LogP contribution in [-0.4, -0.2) is 33.3 Å². The fourth-order valence-corrected chi connectivity index (χ4v) is 3.08. The number of aliphatic hydroxyl groups is 2. The van der Waals surface area contributed by atoms with Gasteiger partial charge in [0.2, 0.25) is 0 Å². The van der Waals surface area contributed by atoms with Gasteiger partial charge in [-0.2, -0.15) is 0 Å². The van der Waals surface area contributed by atoms with Gasteiger partial charge in [0.1, 0.15) is 11.0 Å². The lowest BCUT2D eigenvalue weighted by Gasteiger charge is -2.17. The van der Waals surface area contributed by atoms with Crippen LogP contribution in [0.25, 0.3) is 10.1 Å². The van der Waals surface area contributed by atoms with Crippen LogP contribution in [0.1, 0.15) is 27.8 Å². The third-order valence-corrected chi connectivity index (χ3v) is 4.20. The average molecular weight is 301 g/mol. The summed E-state index contributed by atoms with van der Waals surface area (Å²) in [5, 5.41) is 29.6. The normalized spacial score (nSPS) is 14.5. The van der Waals surface area contributed by atoms with Crippen LogP contribution >= 0.6 is 22.9 Å². The van der Waals surface area contributed by atoms with E-state index in [9.17, 15) is 15.0 Å². The van der Waals surface area contributed by atoms with Crippen molar-refractivity contribution in [3.63, 3.8) is 0 Å². The molecule has 1 aromatic heterocycles. The Morgan fingerprint density at radius 3 is 2.74 bits per heavy atom. The number of hydrogen-bond donors (Lipinski definition) is 3. The van der Waals surface area contributed by atoms with E-state index in [-0.39, 0.29) is 17.2 Å². The summed E-state index contributed by atoms with van der Waals surface area (Å²) in [6.45, 7) is 0. The van der Waals surface area contributed by atoms with Gasteiger partial charge in [-0.15, -0.1) is 22.9 Å². The number of hydrogen-bond acceptors (Lipinski definition) is 4. The molecule has 6 heteroatoms. The van der Waals surface area contributed by atoms with Gasteiger partial charge in [0, 0.05) is 10.6 Å². The zero-order valence-electron chi connectivity index (χ0n) is 9.91. The topological polar surface area (TPSA) is 77.8 Å². The quantitative estimate of drug-likeness (QED) is 0.742. The molecule has 0 saturated carbocycles. The van der Waals surface area contributed by atoms with Gasteiger partial charge in [0.15, 0.2) is 0 Å². The smallest absolute Gasteiger partial charge is 0.345 e. The number of carboxylic acids is 1. The monoisotopic (exact) mass is 300 g/mol. The van der Waals surface area contributed by atoms with Crippen LogP contribution in [0.2, 0.25) is 0 Å². The Labute approximate surface area is 118 Å². The van der Waals surface area contributed by atoms with Gasteiger partial charge < -0.3 is 15.3 Å². The summed E-state index contributed by atoms with van der Waals surface area (Å²) >= 11 is 6.69. The first-order chi connectivity index (χ1) is 9.04. The molecule has 19 heavy (non-hydrogen) atoms. The highest BCUT2D eigenvalue weighted by atomic mass is 35.5. The second kappa shape index (κ2) is 5.88. The Morgan fingerprint density at radius 1 is 1.37 bits per heavy atom. The summed E-state index contributed by atoms with van der Waals surface area (Å²) < 4.78 is 0.770. The molecule has 0 aliphatic heterocycles. The molecule has 0 aliphatic rings. The number of thiophene rings is 1. The van der Waals surface area contributed by atoms with Gasteiger partial charge in [0.05, 0.1) is 6.10 Å². The highest BCUT2D eigenvalue weighted by molar-refractivity contribution is 7.20. The minimum absolute atomic E-state index is 0.210. The number of aromatic carboxylic acids is 1. The molecule has 0 fully saturated rings. The van der Waals surface area contributed by atoms with Crippen molar-refractivity contribution in [3.8, 4) is 0 Å². The van der Waals surface area contributed by atoms with E-state index in [0.717, 1.165) is 16.0 Å². The lowest BCUT2D eigenvalue weighted by Crippen LogP contribution is -2.18. The van der Waals surface area contributed by atoms with Crippen LogP contribution < -0.4 is 0 Å². The van der Waals surface area contributed by atoms with E-state index in [1.54, 1.807) is 18.2 Å². The highest BCUT2D eigenvalue weighted by Gasteiger charge is 2.21. The molecular weight excluding hydrogens is 288 g/mol. The number of alkyl halides is 1. The number of benzene rings is 1. The van der Waals surface area contributed by atoms with Crippen molar-refractivity contribution < 1.29 is 20.1 Å². The van der Waals surface area contributed by atoms with E-state index >= 15 is 0 Å². The molecule has 0 saturated heterocycles. The second-order valence-corrected chi connectivity index (χ2v) is 5.63. The zero-order valence-corrected chi connectivity index (χ0v) is 11.5.